The molecule has 2 heterocycles. The van der Waals surface area contributed by atoms with Gasteiger partial charge in [0.05, 0.1) is 12.2 Å². The Labute approximate surface area is 127 Å². The first-order valence-corrected chi connectivity index (χ1v) is 7.07. The van der Waals surface area contributed by atoms with Gasteiger partial charge in [0.15, 0.2) is 5.69 Å². The predicted octanol–water partition coefficient (Wildman–Crippen LogP) is 1.12. The van der Waals surface area contributed by atoms with Crippen LogP contribution in [0.1, 0.15) is 34.6 Å². The van der Waals surface area contributed by atoms with Gasteiger partial charge in [-0.25, -0.2) is 9.48 Å². The molecule has 1 N–H and O–H groups in total. The molecule has 1 amide bonds. The number of benzene rings is 1. The van der Waals surface area contributed by atoms with Gasteiger partial charge in [-0.05, 0) is 24.5 Å². The molecule has 1 aliphatic heterocycles. The van der Waals surface area contributed by atoms with Gasteiger partial charge in [0.1, 0.15) is 6.54 Å². The molecule has 0 saturated heterocycles. The molecule has 114 valence electrons. The zero-order valence-electron chi connectivity index (χ0n) is 12.1. The van der Waals surface area contributed by atoms with Gasteiger partial charge >= 0.3 is 5.97 Å². The third-order valence-electron chi connectivity index (χ3n) is 3.97. The fourth-order valence-corrected chi connectivity index (χ4v) is 2.82. The minimum atomic E-state index is -1.15. The molecule has 0 fully saturated rings. The van der Waals surface area contributed by atoms with E-state index in [9.17, 15) is 9.59 Å². The van der Waals surface area contributed by atoms with Gasteiger partial charge in [-0.3, -0.25) is 4.79 Å². The zero-order valence-corrected chi connectivity index (χ0v) is 12.1. The molecular formula is C15H16N4O3. The molecule has 1 aromatic carbocycles. The zero-order chi connectivity index (χ0) is 15.7. The number of carboxylic acids is 1. The lowest BCUT2D eigenvalue weighted by Gasteiger charge is -2.35. The maximum absolute atomic E-state index is 12.5. The molecule has 7 heteroatoms. The number of aromatic nitrogens is 3. The molecule has 0 radical (unpaired) electrons. The van der Waals surface area contributed by atoms with Crippen LogP contribution >= 0.6 is 0 Å². The maximum Gasteiger partial charge on any atom is 0.358 e. The highest BCUT2D eigenvalue weighted by atomic mass is 16.4. The van der Waals surface area contributed by atoms with Crippen LogP contribution in [0, 0.1) is 0 Å². The Morgan fingerprint density at radius 2 is 2.14 bits per heavy atom. The number of carbonyl (C=O) groups excluding carboxylic acids is 1. The van der Waals surface area contributed by atoms with Crippen molar-refractivity contribution in [3.05, 3.63) is 47.3 Å². The summed E-state index contributed by atoms with van der Waals surface area (Å²) in [6.45, 7) is 2.64. The van der Waals surface area contributed by atoms with E-state index >= 15 is 0 Å². The SMILES string of the molecule is CC1c2ccccc2CCN1C(=O)Cn1cc(C(=O)O)nn1. The first-order chi connectivity index (χ1) is 10.6. The van der Waals surface area contributed by atoms with Crippen LogP contribution in [0.4, 0.5) is 0 Å². The molecule has 1 unspecified atom stereocenters. The molecule has 1 aromatic heterocycles. The Kier molecular flexibility index (Phi) is 3.62. The Balaban J connectivity index is 1.74. The number of aromatic carboxylic acids is 1. The van der Waals surface area contributed by atoms with Gasteiger partial charge in [-0.2, -0.15) is 0 Å². The fourth-order valence-electron chi connectivity index (χ4n) is 2.82. The van der Waals surface area contributed by atoms with Crippen molar-refractivity contribution in [2.24, 2.45) is 0 Å². The molecule has 1 aliphatic rings. The summed E-state index contributed by atoms with van der Waals surface area (Å²) in [6, 6.07) is 8.10. The number of carboxylic acid groups (broad SMARTS) is 1. The van der Waals surface area contributed by atoms with Crippen LogP contribution in [-0.4, -0.2) is 43.4 Å². The highest BCUT2D eigenvalue weighted by Crippen LogP contribution is 2.29. The smallest absolute Gasteiger partial charge is 0.358 e. The quantitative estimate of drug-likeness (QED) is 0.917. The number of nitrogens with zero attached hydrogens (tertiary/aromatic N) is 4. The predicted molar refractivity (Wildman–Crippen MR) is 77.3 cm³/mol. The minimum absolute atomic E-state index is 0.0000782. The van der Waals surface area contributed by atoms with E-state index < -0.39 is 5.97 Å². The minimum Gasteiger partial charge on any atom is -0.476 e. The normalized spacial score (nSPS) is 17.1. The number of fused-ring (bicyclic) bond motifs is 1. The highest BCUT2D eigenvalue weighted by molar-refractivity contribution is 5.84. The third-order valence-corrected chi connectivity index (χ3v) is 3.97. The number of hydrogen-bond donors (Lipinski definition) is 1. The van der Waals surface area contributed by atoms with E-state index in [2.05, 4.69) is 16.4 Å². The van der Waals surface area contributed by atoms with E-state index in [0.717, 1.165) is 12.0 Å². The lowest BCUT2D eigenvalue weighted by atomic mass is 9.93. The summed E-state index contributed by atoms with van der Waals surface area (Å²) in [4.78, 5) is 25.0. The first-order valence-electron chi connectivity index (χ1n) is 7.07. The van der Waals surface area contributed by atoms with E-state index in [-0.39, 0.29) is 24.2 Å². The standard InChI is InChI=1S/C15H16N4O3/c1-10-12-5-3-2-4-11(12)6-7-19(10)14(20)9-18-8-13(15(21)22)16-17-18/h2-5,8,10H,6-7,9H2,1H3,(H,21,22). The van der Waals surface area contributed by atoms with Crippen LogP contribution < -0.4 is 0 Å². The summed E-state index contributed by atoms with van der Waals surface area (Å²) in [5, 5.41) is 16.0. The lowest BCUT2D eigenvalue weighted by molar-refractivity contribution is -0.134. The van der Waals surface area contributed by atoms with E-state index in [0.29, 0.717) is 6.54 Å². The van der Waals surface area contributed by atoms with Crippen molar-refractivity contribution in [1.29, 1.82) is 0 Å². The Morgan fingerprint density at radius 1 is 1.36 bits per heavy atom. The monoisotopic (exact) mass is 300 g/mol. The van der Waals surface area contributed by atoms with Crippen LogP contribution in [0.25, 0.3) is 0 Å². The summed E-state index contributed by atoms with van der Waals surface area (Å²) in [5.41, 5.74) is 2.27. The molecule has 2 aromatic rings. The average molecular weight is 300 g/mol. The number of hydrogen-bond acceptors (Lipinski definition) is 4. The highest BCUT2D eigenvalue weighted by Gasteiger charge is 2.27. The van der Waals surface area contributed by atoms with Gasteiger partial charge in [0.25, 0.3) is 0 Å². The van der Waals surface area contributed by atoms with Gasteiger partial charge in [-0.1, -0.05) is 29.5 Å². The van der Waals surface area contributed by atoms with E-state index in [1.165, 1.54) is 16.4 Å². The molecule has 0 saturated carbocycles. The second-order valence-corrected chi connectivity index (χ2v) is 5.32. The third kappa shape index (κ3) is 2.57. The van der Waals surface area contributed by atoms with Crippen molar-refractivity contribution in [1.82, 2.24) is 19.9 Å². The number of rotatable bonds is 3. The molecule has 0 bridgehead atoms. The molecule has 0 aliphatic carbocycles. The summed E-state index contributed by atoms with van der Waals surface area (Å²) in [5.74, 6) is -1.25. The molecule has 3 rings (SSSR count). The second kappa shape index (κ2) is 5.59. The van der Waals surface area contributed by atoms with Crippen molar-refractivity contribution in [3.8, 4) is 0 Å². The lowest BCUT2D eigenvalue weighted by Crippen LogP contribution is -2.40. The Bertz CT molecular complexity index is 725. The van der Waals surface area contributed by atoms with E-state index in [1.807, 2.05) is 25.1 Å². The van der Waals surface area contributed by atoms with Crippen molar-refractivity contribution >= 4 is 11.9 Å². The van der Waals surface area contributed by atoms with E-state index in [1.54, 1.807) is 4.90 Å². The van der Waals surface area contributed by atoms with Gasteiger partial charge in [0.2, 0.25) is 5.91 Å². The summed E-state index contributed by atoms with van der Waals surface area (Å²) in [7, 11) is 0. The maximum atomic E-state index is 12.5. The molecular weight excluding hydrogens is 284 g/mol. The van der Waals surface area contributed by atoms with Gasteiger partial charge in [0, 0.05) is 6.54 Å². The fraction of sp³-hybridized carbons (Fsp3) is 0.333. The molecule has 22 heavy (non-hydrogen) atoms. The summed E-state index contributed by atoms with van der Waals surface area (Å²) < 4.78 is 1.26. The van der Waals surface area contributed by atoms with Crippen LogP contribution in [0.5, 0.6) is 0 Å². The molecule has 1 atom stereocenters. The molecule has 7 nitrogen and oxygen atoms in total. The van der Waals surface area contributed by atoms with Crippen molar-refractivity contribution < 1.29 is 14.7 Å². The van der Waals surface area contributed by atoms with Crippen molar-refractivity contribution in [2.75, 3.05) is 6.54 Å². The Hall–Kier alpha value is -2.70. The summed E-state index contributed by atoms with van der Waals surface area (Å²) in [6.07, 6.45) is 2.09. The van der Waals surface area contributed by atoms with Crippen LogP contribution in [0.15, 0.2) is 30.5 Å². The first kappa shape index (κ1) is 14.2. The van der Waals surface area contributed by atoms with Gasteiger partial charge < -0.3 is 10.0 Å². The van der Waals surface area contributed by atoms with Crippen LogP contribution in [-0.2, 0) is 17.8 Å². The second-order valence-electron chi connectivity index (χ2n) is 5.32. The molecule has 0 spiro atoms. The van der Waals surface area contributed by atoms with Crippen molar-refractivity contribution in [3.63, 3.8) is 0 Å². The number of carbonyl (C=O) groups is 2. The van der Waals surface area contributed by atoms with E-state index in [4.69, 9.17) is 5.11 Å². The Morgan fingerprint density at radius 3 is 2.86 bits per heavy atom. The average Bonchev–Trinajstić information content (AvgIpc) is 2.96. The van der Waals surface area contributed by atoms with Crippen molar-refractivity contribution in [2.45, 2.75) is 25.9 Å². The van der Waals surface area contributed by atoms with Gasteiger partial charge in [-0.15, -0.1) is 5.10 Å². The number of amides is 1. The van der Waals surface area contributed by atoms with Crippen LogP contribution in [0.3, 0.4) is 0 Å². The summed E-state index contributed by atoms with van der Waals surface area (Å²) >= 11 is 0. The van der Waals surface area contributed by atoms with Crippen LogP contribution in [0.2, 0.25) is 0 Å². The largest absolute Gasteiger partial charge is 0.476 e. The topological polar surface area (TPSA) is 88.3 Å².